The molecule has 0 atom stereocenters. The minimum atomic E-state index is -0.0896. The molecule has 0 saturated heterocycles. The van der Waals surface area contributed by atoms with Crippen LogP contribution in [0.25, 0.3) is 0 Å². The smallest absolute Gasteiger partial charge is 0.230 e. The molecule has 0 unspecified atom stereocenters. The van der Waals surface area contributed by atoms with E-state index in [2.05, 4.69) is 44.0 Å². The van der Waals surface area contributed by atoms with E-state index < -0.39 is 0 Å². The van der Waals surface area contributed by atoms with Gasteiger partial charge in [0.15, 0.2) is 5.82 Å². The van der Waals surface area contributed by atoms with Crippen LogP contribution in [0.2, 0.25) is 0 Å². The maximum Gasteiger partial charge on any atom is 0.230 e. The molecule has 1 aromatic carbocycles. The van der Waals surface area contributed by atoms with Crippen molar-refractivity contribution >= 4 is 34.1 Å². The minimum absolute atomic E-state index is 0.0780. The lowest BCUT2D eigenvalue weighted by Crippen LogP contribution is -2.14. The zero-order valence-corrected chi connectivity index (χ0v) is 22.1. The highest BCUT2D eigenvalue weighted by atomic mass is 32.1. The molecular formula is C28H32N6O2S. The van der Waals surface area contributed by atoms with Gasteiger partial charge in [-0.3, -0.25) is 9.59 Å². The van der Waals surface area contributed by atoms with Crippen LogP contribution in [0.5, 0.6) is 0 Å². The average Bonchev–Trinajstić information content (AvgIpc) is 3.32. The number of benzene rings is 1. The third-order valence-corrected chi connectivity index (χ3v) is 7.19. The molecule has 0 fully saturated rings. The lowest BCUT2D eigenvalue weighted by Gasteiger charge is -2.12. The van der Waals surface area contributed by atoms with Crippen molar-refractivity contribution in [2.24, 2.45) is 0 Å². The first-order valence-corrected chi connectivity index (χ1v) is 13.4. The predicted molar refractivity (Wildman–Crippen MR) is 146 cm³/mol. The molecule has 0 saturated carbocycles. The van der Waals surface area contributed by atoms with Crippen molar-refractivity contribution in [2.45, 2.75) is 65.2 Å². The molecule has 8 nitrogen and oxygen atoms in total. The van der Waals surface area contributed by atoms with Crippen LogP contribution in [0.1, 0.15) is 60.9 Å². The number of unbranched alkanes of at least 4 members (excludes halogenated alkanes) is 1. The maximum absolute atomic E-state index is 12.3. The Bertz CT molecular complexity index is 1300. The Hall–Kier alpha value is -3.72. The van der Waals surface area contributed by atoms with Crippen LogP contribution in [0.3, 0.4) is 0 Å². The van der Waals surface area contributed by atoms with E-state index in [9.17, 15) is 9.59 Å². The summed E-state index contributed by atoms with van der Waals surface area (Å²) in [6.07, 6.45) is 10.3. The van der Waals surface area contributed by atoms with Gasteiger partial charge in [0.2, 0.25) is 16.9 Å². The normalized spacial score (nSPS) is 13.0. The number of allylic oxidation sites excluding steroid dienone is 3. The number of anilines is 2. The van der Waals surface area contributed by atoms with Crippen LogP contribution in [0.15, 0.2) is 59.7 Å². The van der Waals surface area contributed by atoms with Crippen molar-refractivity contribution < 1.29 is 9.59 Å². The van der Waals surface area contributed by atoms with Crippen molar-refractivity contribution in [1.82, 2.24) is 20.4 Å². The van der Waals surface area contributed by atoms with Gasteiger partial charge in [0, 0.05) is 6.42 Å². The first-order valence-electron chi connectivity index (χ1n) is 12.6. The first-order chi connectivity index (χ1) is 18.0. The van der Waals surface area contributed by atoms with Crippen LogP contribution in [-0.2, 0) is 28.9 Å². The van der Waals surface area contributed by atoms with Crippen molar-refractivity contribution in [3.8, 4) is 0 Å². The third kappa shape index (κ3) is 8.15. The van der Waals surface area contributed by atoms with Gasteiger partial charge in [-0.25, -0.2) is 0 Å². The van der Waals surface area contributed by atoms with E-state index in [-0.39, 0.29) is 11.8 Å². The van der Waals surface area contributed by atoms with Crippen molar-refractivity contribution in [2.75, 3.05) is 10.6 Å². The number of hydrogen-bond acceptors (Lipinski definition) is 7. The molecule has 2 aromatic heterocycles. The molecule has 4 rings (SSSR count). The summed E-state index contributed by atoms with van der Waals surface area (Å²) >= 11 is 1.41. The summed E-state index contributed by atoms with van der Waals surface area (Å²) in [4.78, 5) is 24.7. The Morgan fingerprint density at radius 2 is 1.70 bits per heavy atom. The lowest BCUT2D eigenvalue weighted by molar-refractivity contribution is -0.116. The summed E-state index contributed by atoms with van der Waals surface area (Å²) in [5, 5.41) is 23.8. The number of aryl methyl sites for hydroxylation is 3. The zero-order chi connectivity index (χ0) is 26.0. The SMILES string of the molecule is CC1=C(CC(=O)Nc2ccc(CCCCc3nnc(NC(=O)Cc4ccccc4C)s3)nn2)C=CCC1. The molecule has 0 spiro atoms. The number of carbonyl (C=O) groups excluding carboxylic acids is 2. The molecule has 0 radical (unpaired) electrons. The zero-order valence-electron chi connectivity index (χ0n) is 21.3. The summed E-state index contributed by atoms with van der Waals surface area (Å²) in [6, 6.07) is 11.6. The second kappa shape index (κ2) is 13.0. The van der Waals surface area contributed by atoms with Gasteiger partial charge in [-0.05, 0) is 74.8 Å². The second-order valence-corrected chi connectivity index (χ2v) is 10.3. The average molecular weight is 517 g/mol. The van der Waals surface area contributed by atoms with Crippen molar-refractivity contribution in [3.63, 3.8) is 0 Å². The van der Waals surface area contributed by atoms with Crippen LogP contribution in [0, 0.1) is 6.92 Å². The molecule has 0 aliphatic heterocycles. The van der Waals surface area contributed by atoms with Crippen molar-refractivity contribution in [1.29, 1.82) is 0 Å². The summed E-state index contributed by atoms with van der Waals surface area (Å²) < 4.78 is 0. The van der Waals surface area contributed by atoms with E-state index in [4.69, 9.17) is 0 Å². The molecule has 1 aliphatic carbocycles. The predicted octanol–water partition coefficient (Wildman–Crippen LogP) is 5.38. The van der Waals surface area contributed by atoms with Gasteiger partial charge < -0.3 is 10.6 Å². The Morgan fingerprint density at radius 1 is 0.892 bits per heavy atom. The number of nitrogens with one attached hydrogen (secondary N) is 2. The molecule has 37 heavy (non-hydrogen) atoms. The summed E-state index contributed by atoms with van der Waals surface area (Å²) in [7, 11) is 0. The fourth-order valence-electron chi connectivity index (χ4n) is 4.09. The molecule has 1 aliphatic rings. The molecule has 2 heterocycles. The third-order valence-electron chi connectivity index (χ3n) is 6.29. The molecular weight excluding hydrogens is 484 g/mol. The van der Waals surface area contributed by atoms with E-state index in [1.54, 1.807) is 6.07 Å². The van der Waals surface area contributed by atoms with E-state index in [0.29, 0.717) is 23.8 Å². The van der Waals surface area contributed by atoms with E-state index in [1.165, 1.54) is 16.9 Å². The van der Waals surface area contributed by atoms with Gasteiger partial charge >= 0.3 is 0 Å². The number of nitrogens with zero attached hydrogens (tertiary/aromatic N) is 4. The summed E-state index contributed by atoms with van der Waals surface area (Å²) in [6.45, 7) is 4.08. The van der Waals surface area contributed by atoms with Crippen LogP contribution in [-0.4, -0.2) is 32.2 Å². The quantitative estimate of drug-likeness (QED) is 0.331. The van der Waals surface area contributed by atoms with Gasteiger partial charge in [-0.2, -0.15) is 5.10 Å². The van der Waals surface area contributed by atoms with E-state index >= 15 is 0 Å². The number of carbonyl (C=O) groups is 2. The Labute approximate surface area is 221 Å². The molecule has 9 heteroatoms. The maximum atomic E-state index is 12.3. The highest BCUT2D eigenvalue weighted by Gasteiger charge is 2.12. The van der Waals surface area contributed by atoms with Gasteiger partial charge in [-0.1, -0.05) is 53.3 Å². The number of aromatic nitrogens is 4. The summed E-state index contributed by atoms with van der Waals surface area (Å²) in [5.41, 5.74) is 5.34. The minimum Gasteiger partial charge on any atom is -0.309 e. The lowest BCUT2D eigenvalue weighted by atomic mass is 9.96. The molecule has 2 amide bonds. The Kier molecular flexibility index (Phi) is 9.26. The van der Waals surface area contributed by atoms with Gasteiger partial charge in [0.05, 0.1) is 18.5 Å². The second-order valence-electron chi connectivity index (χ2n) is 9.24. The Balaban J connectivity index is 1.15. The molecule has 0 bridgehead atoms. The number of amides is 2. The molecule has 3 aromatic rings. The van der Waals surface area contributed by atoms with Crippen LogP contribution >= 0.6 is 11.3 Å². The monoisotopic (exact) mass is 516 g/mol. The van der Waals surface area contributed by atoms with Crippen molar-refractivity contribution in [3.05, 3.63) is 81.5 Å². The topological polar surface area (TPSA) is 110 Å². The standard InChI is InChI=1S/C28H32N6O2S/c1-19-9-3-5-11-21(19)17-25(35)29-24-16-15-23(31-32-24)13-7-8-14-27-33-34-28(37-27)30-26(36)18-22-12-6-4-10-20(22)2/h4-6,10-12,15-16H,3,7-9,13-14,17-18H2,1-2H3,(H,29,32,35)(H,30,34,36). The van der Waals surface area contributed by atoms with Gasteiger partial charge in [0.1, 0.15) is 5.01 Å². The van der Waals surface area contributed by atoms with Gasteiger partial charge in [0.25, 0.3) is 0 Å². The molecule has 192 valence electrons. The fraction of sp³-hybridized carbons (Fsp3) is 0.357. The highest BCUT2D eigenvalue weighted by molar-refractivity contribution is 7.15. The van der Waals surface area contributed by atoms with Crippen LogP contribution < -0.4 is 10.6 Å². The molecule has 2 N–H and O–H groups in total. The van der Waals surface area contributed by atoms with Gasteiger partial charge in [-0.15, -0.1) is 15.3 Å². The Morgan fingerprint density at radius 3 is 2.49 bits per heavy atom. The number of hydrogen-bond donors (Lipinski definition) is 2. The number of rotatable bonds is 11. The fourth-order valence-corrected chi connectivity index (χ4v) is 4.89. The largest absolute Gasteiger partial charge is 0.309 e. The highest BCUT2D eigenvalue weighted by Crippen LogP contribution is 2.21. The van der Waals surface area contributed by atoms with E-state index in [0.717, 1.165) is 65.9 Å². The van der Waals surface area contributed by atoms with Crippen LogP contribution in [0.4, 0.5) is 10.9 Å². The summed E-state index contributed by atoms with van der Waals surface area (Å²) in [5.74, 6) is 0.302. The first kappa shape index (κ1) is 26.3. The van der Waals surface area contributed by atoms with E-state index in [1.807, 2.05) is 43.3 Å².